The molecule has 3 heterocycles. The minimum absolute atomic E-state index is 0.116. The molecule has 4 rings (SSSR count). The van der Waals surface area contributed by atoms with E-state index < -0.39 is 0 Å². The summed E-state index contributed by atoms with van der Waals surface area (Å²) in [5, 5.41) is 9.05. The lowest BCUT2D eigenvalue weighted by Gasteiger charge is -2.34. The summed E-state index contributed by atoms with van der Waals surface area (Å²) in [5.74, 6) is 1.61. The second kappa shape index (κ2) is 6.73. The fourth-order valence-electron chi connectivity index (χ4n) is 3.41. The molecule has 134 valence electrons. The number of rotatable bonds is 4. The Kier molecular flexibility index (Phi) is 4.27. The van der Waals surface area contributed by atoms with Gasteiger partial charge in [-0.05, 0) is 29.3 Å². The predicted octanol–water partition coefficient (Wildman–Crippen LogP) is 1.47. The van der Waals surface area contributed by atoms with E-state index in [2.05, 4.69) is 11.0 Å². The van der Waals surface area contributed by atoms with Crippen LogP contribution in [0.4, 0.5) is 0 Å². The third-order valence-corrected chi connectivity index (χ3v) is 4.79. The molecule has 0 aliphatic carbocycles. The van der Waals surface area contributed by atoms with Gasteiger partial charge >= 0.3 is 0 Å². The molecule has 0 radical (unpaired) electrons. The summed E-state index contributed by atoms with van der Waals surface area (Å²) in [7, 11) is 1.86. The zero-order valence-corrected chi connectivity index (χ0v) is 14.6. The molecule has 0 N–H and O–H groups in total. The maximum atomic E-state index is 12.5. The molecule has 2 aliphatic rings. The standard InChI is InChI=1S/C19H20N4O3/c1-21-9-15(6-16(21)8-20)10-22-4-5-23(19(24)12-22)11-14-2-3-17-18(7-14)26-13-25-17/h2-3,6-7,9H,4-5,10-13H2,1H3. The Morgan fingerprint density at radius 2 is 1.96 bits per heavy atom. The summed E-state index contributed by atoms with van der Waals surface area (Å²) in [6.45, 7) is 3.40. The molecular weight excluding hydrogens is 332 g/mol. The van der Waals surface area contributed by atoms with Crippen molar-refractivity contribution in [3.8, 4) is 17.6 Å². The van der Waals surface area contributed by atoms with Gasteiger partial charge in [-0.3, -0.25) is 9.69 Å². The summed E-state index contributed by atoms with van der Waals surface area (Å²) < 4.78 is 12.5. The lowest BCUT2D eigenvalue weighted by molar-refractivity contribution is -0.136. The molecule has 0 saturated carbocycles. The van der Waals surface area contributed by atoms with Crippen LogP contribution in [0, 0.1) is 11.3 Å². The highest BCUT2D eigenvalue weighted by Gasteiger charge is 2.25. The fourth-order valence-corrected chi connectivity index (χ4v) is 3.41. The van der Waals surface area contributed by atoms with Crippen molar-refractivity contribution in [1.29, 1.82) is 5.26 Å². The Bertz CT molecular complexity index is 883. The second-order valence-electron chi connectivity index (χ2n) is 6.67. The second-order valence-corrected chi connectivity index (χ2v) is 6.67. The van der Waals surface area contributed by atoms with Crippen LogP contribution < -0.4 is 9.47 Å². The van der Waals surface area contributed by atoms with E-state index in [0.29, 0.717) is 31.9 Å². The number of nitrogens with zero attached hydrogens (tertiary/aromatic N) is 4. The molecule has 1 fully saturated rings. The number of benzene rings is 1. The predicted molar refractivity (Wildman–Crippen MR) is 93.4 cm³/mol. The van der Waals surface area contributed by atoms with Crippen molar-refractivity contribution in [1.82, 2.24) is 14.4 Å². The van der Waals surface area contributed by atoms with Gasteiger partial charge in [0.05, 0.1) is 6.54 Å². The molecule has 0 bridgehead atoms. The summed E-state index contributed by atoms with van der Waals surface area (Å²) >= 11 is 0. The molecule has 2 aromatic rings. The van der Waals surface area contributed by atoms with Crippen LogP contribution in [0.15, 0.2) is 30.5 Å². The molecule has 2 aliphatic heterocycles. The summed E-state index contributed by atoms with van der Waals surface area (Å²) in [5.41, 5.74) is 2.73. The van der Waals surface area contributed by atoms with E-state index in [9.17, 15) is 4.79 Å². The number of ether oxygens (including phenoxy) is 2. The van der Waals surface area contributed by atoms with Crippen LogP contribution in [-0.2, 0) is 24.9 Å². The lowest BCUT2D eigenvalue weighted by atomic mass is 10.1. The average Bonchev–Trinajstić information content (AvgIpc) is 3.23. The lowest BCUT2D eigenvalue weighted by Crippen LogP contribution is -2.49. The molecule has 0 atom stereocenters. The van der Waals surface area contributed by atoms with E-state index in [-0.39, 0.29) is 12.7 Å². The third-order valence-electron chi connectivity index (χ3n) is 4.79. The first kappa shape index (κ1) is 16.5. The van der Waals surface area contributed by atoms with Crippen molar-refractivity contribution in [2.75, 3.05) is 26.4 Å². The average molecular weight is 352 g/mol. The number of aryl methyl sites for hydroxylation is 1. The van der Waals surface area contributed by atoms with Crippen LogP contribution >= 0.6 is 0 Å². The van der Waals surface area contributed by atoms with Gasteiger partial charge in [-0.1, -0.05) is 6.07 Å². The van der Waals surface area contributed by atoms with Crippen LogP contribution in [0.2, 0.25) is 0 Å². The minimum Gasteiger partial charge on any atom is -0.454 e. The van der Waals surface area contributed by atoms with E-state index in [0.717, 1.165) is 29.2 Å². The number of hydrogen-bond donors (Lipinski definition) is 0. The van der Waals surface area contributed by atoms with Crippen molar-refractivity contribution in [2.24, 2.45) is 7.05 Å². The van der Waals surface area contributed by atoms with Crippen LogP contribution in [0.5, 0.6) is 11.5 Å². The molecule has 1 amide bonds. The quantitative estimate of drug-likeness (QED) is 0.833. The monoisotopic (exact) mass is 352 g/mol. The molecular formula is C19H20N4O3. The number of nitriles is 1. The number of carbonyl (C=O) groups is 1. The smallest absolute Gasteiger partial charge is 0.237 e. The van der Waals surface area contributed by atoms with E-state index >= 15 is 0 Å². The van der Waals surface area contributed by atoms with Gasteiger partial charge in [0.2, 0.25) is 12.7 Å². The molecule has 0 spiro atoms. The van der Waals surface area contributed by atoms with Gasteiger partial charge in [-0.2, -0.15) is 5.26 Å². The Morgan fingerprint density at radius 1 is 1.12 bits per heavy atom. The van der Waals surface area contributed by atoms with Gasteiger partial charge in [-0.25, -0.2) is 0 Å². The van der Waals surface area contributed by atoms with E-state index in [1.165, 1.54) is 0 Å². The van der Waals surface area contributed by atoms with Crippen molar-refractivity contribution in [3.63, 3.8) is 0 Å². The van der Waals surface area contributed by atoms with Gasteiger partial charge in [-0.15, -0.1) is 0 Å². The highest BCUT2D eigenvalue weighted by atomic mass is 16.7. The summed E-state index contributed by atoms with van der Waals surface area (Å²) in [6, 6.07) is 9.84. The van der Waals surface area contributed by atoms with Crippen molar-refractivity contribution < 1.29 is 14.3 Å². The highest BCUT2D eigenvalue weighted by Crippen LogP contribution is 2.32. The minimum atomic E-state index is 0.116. The molecule has 0 unspecified atom stereocenters. The van der Waals surface area contributed by atoms with Crippen LogP contribution in [-0.4, -0.2) is 46.7 Å². The Morgan fingerprint density at radius 3 is 2.73 bits per heavy atom. The SMILES string of the molecule is Cn1cc(CN2CCN(Cc3ccc4c(c3)OCO4)C(=O)C2)cc1C#N. The molecule has 1 aromatic carbocycles. The number of carbonyl (C=O) groups excluding carboxylic acids is 1. The maximum Gasteiger partial charge on any atom is 0.237 e. The highest BCUT2D eigenvalue weighted by molar-refractivity contribution is 5.79. The number of fused-ring (bicyclic) bond motifs is 1. The fraction of sp³-hybridized carbons (Fsp3) is 0.368. The van der Waals surface area contributed by atoms with Gasteiger partial charge in [0.15, 0.2) is 11.5 Å². The normalized spacial score (nSPS) is 16.8. The Hall–Kier alpha value is -2.98. The van der Waals surface area contributed by atoms with Crippen LogP contribution in [0.3, 0.4) is 0 Å². The molecule has 7 heteroatoms. The van der Waals surface area contributed by atoms with Gasteiger partial charge in [0.25, 0.3) is 0 Å². The number of aromatic nitrogens is 1. The zero-order chi connectivity index (χ0) is 18.1. The summed E-state index contributed by atoms with van der Waals surface area (Å²) in [4.78, 5) is 16.5. The van der Waals surface area contributed by atoms with Gasteiger partial charge in [0, 0.05) is 39.4 Å². The van der Waals surface area contributed by atoms with Crippen molar-refractivity contribution in [2.45, 2.75) is 13.1 Å². The maximum absolute atomic E-state index is 12.5. The van der Waals surface area contributed by atoms with Crippen molar-refractivity contribution >= 4 is 5.91 Å². The number of piperazine rings is 1. The van der Waals surface area contributed by atoms with Gasteiger partial charge in [0.1, 0.15) is 11.8 Å². The summed E-state index contributed by atoms with van der Waals surface area (Å²) in [6.07, 6.45) is 1.95. The van der Waals surface area contributed by atoms with E-state index in [1.807, 2.05) is 47.0 Å². The third kappa shape index (κ3) is 3.24. The van der Waals surface area contributed by atoms with E-state index in [4.69, 9.17) is 14.7 Å². The number of amides is 1. The van der Waals surface area contributed by atoms with Crippen molar-refractivity contribution in [3.05, 3.63) is 47.3 Å². The molecule has 1 saturated heterocycles. The zero-order valence-electron chi connectivity index (χ0n) is 14.6. The van der Waals surface area contributed by atoms with E-state index in [1.54, 1.807) is 0 Å². The Balaban J connectivity index is 1.36. The molecule has 26 heavy (non-hydrogen) atoms. The number of hydrogen-bond acceptors (Lipinski definition) is 5. The topological polar surface area (TPSA) is 70.7 Å². The largest absolute Gasteiger partial charge is 0.454 e. The van der Waals surface area contributed by atoms with Gasteiger partial charge < -0.3 is 18.9 Å². The first-order valence-corrected chi connectivity index (χ1v) is 8.56. The first-order valence-electron chi connectivity index (χ1n) is 8.56. The van der Waals surface area contributed by atoms with Crippen LogP contribution in [0.25, 0.3) is 0 Å². The van der Waals surface area contributed by atoms with Crippen LogP contribution in [0.1, 0.15) is 16.8 Å². The molecule has 7 nitrogen and oxygen atoms in total. The molecule has 1 aromatic heterocycles. The first-order chi connectivity index (χ1) is 12.6. The Labute approximate surface area is 151 Å².